The van der Waals surface area contributed by atoms with Crippen LogP contribution in [0.2, 0.25) is 0 Å². The third kappa shape index (κ3) is 5.14. The fourth-order valence-electron chi connectivity index (χ4n) is 3.95. The van der Waals surface area contributed by atoms with Crippen molar-refractivity contribution >= 4 is 43.5 Å². The van der Waals surface area contributed by atoms with Crippen LogP contribution >= 0.6 is 11.3 Å². The third-order valence-electron chi connectivity index (χ3n) is 5.60. The number of nitrogens with zero attached hydrogens (tertiary/aromatic N) is 3. The summed E-state index contributed by atoms with van der Waals surface area (Å²) in [5, 5.41) is 0. The summed E-state index contributed by atoms with van der Waals surface area (Å²) < 4.78 is 53.5. The maximum atomic E-state index is 13.8. The first-order valence-electron chi connectivity index (χ1n) is 10.9. The number of fused-ring (bicyclic) bond motifs is 1. The second-order valence-corrected chi connectivity index (χ2v) is 10.7. The molecule has 9 nitrogen and oxygen atoms in total. The van der Waals surface area contributed by atoms with Gasteiger partial charge in [0.25, 0.3) is 5.91 Å². The number of esters is 1. The Morgan fingerprint density at radius 3 is 2.63 bits per heavy atom. The Hall–Kier alpha value is -3.09. The molecule has 35 heavy (non-hydrogen) atoms. The molecule has 1 fully saturated rings. The summed E-state index contributed by atoms with van der Waals surface area (Å²) in [4.78, 5) is 29.8. The molecule has 1 atom stereocenters. The molecule has 0 radical (unpaired) electrons. The lowest BCUT2D eigenvalue weighted by Gasteiger charge is -2.21. The smallest absolute Gasteiger partial charge is 0.326 e. The van der Waals surface area contributed by atoms with Crippen molar-refractivity contribution in [1.29, 1.82) is 0 Å². The molecule has 12 heteroatoms. The van der Waals surface area contributed by atoms with Crippen LogP contribution in [0.3, 0.4) is 0 Å². The van der Waals surface area contributed by atoms with E-state index >= 15 is 0 Å². The number of benzene rings is 2. The van der Waals surface area contributed by atoms with E-state index in [1.165, 1.54) is 42.0 Å². The van der Waals surface area contributed by atoms with E-state index in [0.29, 0.717) is 28.8 Å². The Labute approximate surface area is 205 Å². The van der Waals surface area contributed by atoms with E-state index in [4.69, 9.17) is 9.47 Å². The van der Waals surface area contributed by atoms with Crippen LogP contribution in [0.25, 0.3) is 10.2 Å². The van der Waals surface area contributed by atoms with E-state index < -0.39 is 33.8 Å². The first kappa shape index (κ1) is 25.0. The topological polar surface area (TPSA) is 107 Å². The molecule has 1 aromatic heterocycles. The minimum absolute atomic E-state index is 0.0488. The molecule has 4 rings (SSSR count). The molecule has 1 unspecified atom stereocenters. The van der Waals surface area contributed by atoms with E-state index in [1.807, 2.05) is 0 Å². The monoisotopic (exact) mass is 521 g/mol. The SMILES string of the molecule is CCOC(=O)Cn1c(=NC(=O)C2CCCN2S(=O)(=O)c2ccc(OC)cc2)sc2cc(F)ccc21. The van der Waals surface area contributed by atoms with Crippen molar-refractivity contribution in [2.75, 3.05) is 20.3 Å². The van der Waals surface area contributed by atoms with Crippen LogP contribution in [-0.2, 0) is 30.9 Å². The highest BCUT2D eigenvalue weighted by molar-refractivity contribution is 7.89. The quantitative estimate of drug-likeness (QED) is 0.443. The van der Waals surface area contributed by atoms with Crippen molar-refractivity contribution in [2.45, 2.75) is 37.2 Å². The van der Waals surface area contributed by atoms with E-state index in [-0.39, 0.29) is 29.4 Å². The van der Waals surface area contributed by atoms with Gasteiger partial charge < -0.3 is 14.0 Å². The number of amides is 1. The minimum Gasteiger partial charge on any atom is -0.497 e. The van der Waals surface area contributed by atoms with E-state index in [0.717, 1.165) is 15.6 Å². The molecule has 0 bridgehead atoms. The van der Waals surface area contributed by atoms with Crippen molar-refractivity contribution in [3.63, 3.8) is 0 Å². The minimum atomic E-state index is -3.95. The second kappa shape index (κ2) is 10.3. The summed E-state index contributed by atoms with van der Waals surface area (Å²) in [6.07, 6.45) is 0.816. The van der Waals surface area contributed by atoms with Gasteiger partial charge in [-0.05, 0) is 62.2 Å². The highest BCUT2D eigenvalue weighted by Gasteiger charge is 2.39. The van der Waals surface area contributed by atoms with Crippen LogP contribution in [0.15, 0.2) is 52.4 Å². The van der Waals surface area contributed by atoms with E-state index in [9.17, 15) is 22.4 Å². The molecule has 3 aromatic rings. The van der Waals surface area contributed by atoms with Gasteiger partial charge in [0, 0.05) is 6.54 Å². The predicted octanol–water partition coefficient (Wildman–Crippen LogP) is 2.69. The fraction of sp³-hybridized carbons (Fsp3) is 0.348. The molecule has 2 heterocycles. The number of hydrogen-bond acceptors (Lipinski definition) is 7. The average Bonchev–Trinajstić information content (AvgIpc) is 3.45. The van der Waals surface area contributed by atoms with E-state index in [1.54, 1.807) is 19.1 Å². The number of sulfonamides is 1. The molecule has 1 aliphatic heterocycles. The van der Waals surface area contributed by atoms with Crippen molar-refractivity contribution in [3.8, 4) is 5.75 Å². The average molecular weight is 522 g/mol. The van der Waals surface area contributed by atoms with Gasteiger partial charge in [0.05, 0.1) is 28.8 Å². The standard InChI is InChI=1S/C23H24FN3O6S2/c1-3-33-21(28)14-26-18-11-6-15(24)13-20(18)34-23(26)25-22(29)19-5-4-12-27(19)35(30,31)17-9-7-16(32-2)8-10-17/h6-11,13,19H,3-5,12,14H2,1-2H3. The van der Waals surface area contributed by atoms with Gasteiger partial charge in [0.1, 0.15) is 24.2 Å². The zero-order valence-corrected chi connectivity index (χ0v) is 20.8. The summed E-state index contributed by atoms with van der Waals surface area (Å²) in [6.45, 7) is 1.82. The lowest BCUT2D eigenvalue weighted by Crippen LogP contribution is -2.40. The maximum absolute atomic E-state index is 13.8. The summed E-state index contributed by atoms with van der Waals surface area (Å²) in [6, 6.07) is 9.00. The molecule has 1 saturated heterocycles. The van der Waals surface area contributed by atoms with Crippen molar-refractivity contribution in [3.05, 3.63) is 53.1 Å². The highest BCUT2D eigenvalue weighted by atomic mass is 32.2. The summed E-state index contributed by atoms with van der Waals surface area (Å²) in [7, 11) is -2.46. The molecule has 186 valence electrons. The molecule has 1 amide bonds. The number of aromatic nitrogens is 1. The largest absolute Gasteiger partial charge is 0.497 e. The Kier molecular flexibility index (Phi) is 7.33. The molecule has 0 N–H and O–H groups in total. The number of carbonyl (C=O) groups is 2. The number of hydrogen-bond donors (Lipinski definition) is 0. The number of thiazole rings is 1. The Balaban J connectivity index is 1.70. The van der Waals surface area contributed by atoms with Crippen LogP contribution in [0.1, 0.15) is 19.8 Å². The van der Waals surface area contributed by atoms with Crippen molar-refractivity contribution < 1.29 is 31.9 Å². The first-order chi connectivity index (χ1) is 16.7. The normalized spacial score (nSPS) is 17.1. The molecular formula is C23H24FN3O6S2. The predicted molar refractivity (Wildman–Crippen MR) is 127 cm³/mol. The van der Waals surface area contributed by atoms with Crippen LogP contribution in [-0.4, -0.2) is 55.5 Å². The lowest BCUT2D eigenvalue weighted by atomic mass is 10.2. The number of methoxy groups -OCH3 is 1. The number of ether oxygens (including phenoxy) is 2. The molecule has 0 aliphatic carbocycles. The molecule has 0 spiro atoms. The van der Waals surface area contributed by atoms with Gasteiger partial charge in [-0.15, -0.1) is 0 Å². The molecular weight excluding hydrogens is 497 g/mol. The second-order valence-electron chi connectivity index (χ2n) is 7.79. The molecule has 1 aliphatic rings. The van der Waals surface area contributed by atoms with Gasteiger partial charge in [-0.25, -0.2) is 12.8 Å². The Morgan fingerprint density at radius 1 is 1.20 bits per heavy atom. The zero-order chi connectivity index (χ0) is 25.2. The van der Waals surface area contributed by atoms with Crippen LogP contribution in [0.4, 0.5) is 4.39 Å². The maximum Gasteiger partial charge on any atom is 0.326 e. The first-order valence-corrected chi connectivity index (χ1v) is 13.2. The highest BCUT2D eigenvalue weighted by Crippen LogP contribution is 2.28. The zero-order valence-electron chi connectivity index (χ0n) is 19.1. The summed E-state index contributed by atoms with van der Waals surface area (Å²) in [5.41, 5.74) is 0.519. The van der Waals surface area contributed by atoms with E-state index in [2.05, 4.69) is 4.99 Å². The van der Waals surface area contributed by atoms with Crippen molar-refractivity contribution in [2.24, 2.45) is 4.99 Å². The van der Waals surface area contributed by atoms with Gasteiger partial charge in [-0.2, -0.15) is 9.30 Å². The fourth-order valence-corrected chi connectivity index (χ4v) is 6.66. The van der Waals surface area contributed by atoms with Gasteiger partial charge in [-0.1, -0.05) is 11.3 Å². The number of halogens is 1. The van der Waals surface area contributed by atoms with Gasteiger partial charge in [-0.3, -0.25) is 9.59 Å². The van der Waals surface area contributed by atoms with Gasteiger partial charge >= 0.3 is 5.97 Å². The Morgan fingerprint density at radius 2 is 1.94 bits per heavy atom. The third-order valence-corrected chi connectivity index (χ3v) is 8.56. The number of rotatable bonds is 7. The molecule has 2 aromatic carbocycles. The number of carbonyl (C=O) groups excluding carboxylic acids is 2. The summed E-state index contributed by atoms with van der Waals surface area (Å²) >= 11 is 1.04. The van der Waals surface area contributed by atoms with Gasteiger partial charge in [0.15, 0.2) is 4.80 Å². The molecule has 0 saturated carbocycles. The Bertz CT molecular complexity index is 1430. The van der Waals surface area contributed by atoms with Crippen LogP contribution < -0.4 is 9.54 Å². The lowest BCUT2D eigenvalue weighted by molar-refractivity contribution is -0.143. The van der Waals surface area contributed by atoms with Crippen molar-refractivity contribution in [1.82, 2.24) is 8.87 Å². The summed E-state index contributed by atoms with van der Waals surface area (Å²) in [5.74, 6) is -1.13. The van der Waals surface area contributed by atoms with Gasteiger partial charge in [0.2, 0.25) is 10.0 Å². The van der Waals surface area contributed by atoms with Crippen LogP contribution in [0.5, 0.6) is 5.75 Å². The van der Waals surface area contributed by atoms with Crippen LogP contribution in [0, 0.1) is 5.82 Å².